The molecular weight excluding hydrogens is 318 g/mol. The fourth-order valence-electron chi connectivity index (χ4n) is 3.58. The highest BCUT2D eigenvalue weighted by Crippen LogP contribution is 2.50. The van der Waals surface area contributed by atoms with Gasteiger partial charge in [0.25, 0.3) is 5.91 Å². The van der Waals surface area contributed by atoms with E-state index in [-0.39, 0.29) is 11.7 Å². The number of thioether (sulfide) groups is 1. The van der Waals surface area contributed by atoms with Gasteiger partial charge < -0.3 is 4.90 Å². The monoisotopic (exact) mass is 337 g/mol. The van der Waals surface area contributed by atoms with Crippen LogP contribution < -0.4 is 4.90 Å². The molecule has 1 atom stereocenters. The highest BCUT2D eigenvalue weighted by Gasteiger charge is 2.52. The Morgan fingerprint density at radius 1 is 0.958 bits per heavy atom. The summed E-state index contributed by atoms with van der Waals surface area (Å²) in [7, 11) is 0. The molecule has 3 nitrogen and oxygen atoms in total. The molecule has 0 bridgehead atoms. The molecular formula is C20H19NO2S. The van der Waals surface area contributed by atoms with Gasteiger partial charge in [0.2, 0.25) is 0 Å². The molecule has 0 radical (unpaired) electrons. The molecule has 122 valence electrons. The van der Waals surface area contributed by atoms with Crippen LogP contribution in [0.5, 0.6) is 0 Å². The van der Waals surface area contributed by atoms with E-state index in [9.17, 15) is 9.59 Å². The van der Waals surface area contributed by atoms with Crippen molar-refractivity contribution < 1.29 is 9.59 Å². The van der Waals surface area contributed by atoms with E-state index in [2.05, 4.69) is 0 Å². The number of rotatable bonds is 2. The molecule has 0 saturated heterocycles. The van der Waals surface area contributed by atoms with Crippen molar-refractivity contribution in [2.75, 3.05) is 4.90 Å². The van der Waals surface area contributed by atoms with Crippen molar-refractivity contribution in [2.45, 2.75) is 41.9 Å². The van der Waals surface area contributed by atoms with Crippen molar-refractivity contribution in [3.63, 3.8) is 0 Å². The van der Waals surface area contributed by atoms with E-state index in [4.69, 9.17) is 0 Å². The molecule has 2 aromatic rings. The maximum Gasteiger partial charge on any atom is 0.251 e. The third-order valence-corrected chi connectivity index (χ3v) is 6.37. The Bertz CT molecular complexity index is 789. The van der Waals surface area contributed by atoms with E-state index < -0.39 is 4.75 Å². The quantitative estimate of drug-likeness (QED) is 0.771. The number of carbonyl (C=O) groups is 2. The van der Waals surface area contributed by atoms with Crippen molar-refractivity contribution in [1.82, 2.24) is 0 Å². The number of ketones is 1. The number of carbonyl (C=O) groups excluding carboxylic acids is 2. The SMILES string of the molecule is O=C1CCCCC12Sc1ccccc1N(Cc1ccccc1)C2=O. The van der Waals surface area contributed by atoms with Gasteiger partial charge in [-0.25, -0.2) is 0 Å². The Morgan fingerprint density at radius 2 is 1.71 bits per heavy atom. The lowest BCUT2D eigenvalue weighted by atomic mass is 9.85. The van der Waals surface area contributed by atoms with Crippen LogP contribution in [0.4, 0.5) is 5.69 Å². The Kier molecular flexibility index (Phi) is 3.93. The number of para-hydroxylation sites is 1. The fraction of sp³-hybridized carbons (Fsp3) is 0.300. The van der Waals surface area contributed by atoms with Gasteiger partial charge in [-0.1, -0.05) is 60.6 Å². The van der Waals surface area contributed by atoms with Gasteiger partial charge >= 0.3 is 0 Å². The van der Waals surface area contributed by atoms with E-state index in [0.717, 1.165) is 29.0 Å². The molecule has 1 fully saturated rings. The fourth-order valence-corrected chi connectivity index (χ4v) is 5.05. The normalized spacial score (nSPS) is 23.4. The Morgan fingerprint density at radius 3 is 2.50 bits per heavy atom. The van der Waals surface area contributed by atoms with Crippen molar-refractivity contribution in [3.05, 3.63) is 60.2 Å². The van der Waals surface area contributed by atoms with Crippen LogP contribution in [0, 0.1) is 0 Å². The maximum atomic E-state index is 13.4. The van der Waals surface area contributed by atoms with E-state index in [0.29, 0.717) is 19.4 Å². The topological polar surface area (TPSA) is 37.4 Å². The standard InChI is InChI=1S/C20H19NO2S/c22-18-12-6-7-13-20(18)19(23)21(14-15-8-2-1-3-9-15)16-10-4-5-11-17(16)24-20/h1-5,8-11H,6-7,12-14H2. The molecule has 1 aliphatic carbocycles. The largest absolute Gasteiger partial charge is 0.305 e. The van der Waals surface area contributed by atoms with Crippen molar-refractivity contribution in [3.8, 4) is 0 Å². The lowest BCUT2D eigenvalue weighted by Crippen LogP contribution is -2.55. The van der Waals surface area contributed by atoms with Crippen molar-refractivity contribution >= 4 is 29.1 Å². The van der Waals surface area contributed by atoms with Crippen LogP contribution in [0.15, 0.2) is 59.5 Å². The van der Waals surface area contributed by atoms with Crippen LogP contribution in [0.3, 0.4) is 0 Å². The summed E-state index contributed by atoms with van der Waals surface area (Å²) in [5, 5.41) is 0. The van der Waals surface area contributed by atoms with Crippen LogP contribution >= 0.6 is 11.8 Å². The third-order valence-electron chi connectivity index (χ3n) is 4.85. The second-order valence-electron chi connectivity index (χ2n) is 6.40. The van der Waals surface area contributed by atoms with Gasteiger partial charge in [-0.05, 0) is 30.5 Å². The predicted molar refractivity (Wildman–Crippen MR) is 96.1 cm³/mol. The second-order valence-corrected chi connectivity index (χ2v) is 7.74. The summed E-state index contributed by atoms with van der Waals surface area (Å²) in [5.41, 5.74) is 1.99. The predicted octanol–water partition coefficient (Wildman–Crippen LogP) is 4.21. The lowest BCUT2D eigenvalue weighted by molar-refractivity contribution is -0.132. The van der Waals surface area contributed by atoms with Crippen molar-refractivity contribution in [2.24, 2.45) is 0 Å². The summed E-state index contributed by atoms with van der Waals surface area (Å²) >= 11 is 1.47. The molecule has 1 spiro atoms. The molecule has 0 aromatic heterocycles. The van der Waals surface area contributed by atoms with Gasteiger partial charge in [0, 0.05) is 11.3 Å². The summed E-state index contributed by atoms with van der Waals surface area (Å²) < 4.78 is -0.915. The molecule has 1 saturated carbocycles. The average Bonchev–Trinajstić information content (AvgIpc) is 2.62. The first kappa shape index (κ1) is 15.5. The van der Waals surface area contributed by atoms with Crippen LogP contribution in [0.25, 0.3) is 0 Å². The minimum absolute atomic E-state index is 0.0419. The number of fused-ring (bicyclic) bond motifs is 1. The van der Waals surface area contributed by atoms with Gasteiger partial charge in [-0.3, -0.25) is 9.59 Å². The highest BCUT2D eigenvalue weighted by molar-refractivity contribution is 8.02. The maximum absolute atomic E-state index is 13.4. The number of hydrogen-bond donors (Lipinski definition) is 0. The number of amides is 1. The van der Waals surface area contributed by atoms with Crippen LogP contribution in [0.2, 0.25) is 0 Å². The summed E-state index contributed by atoms with van der Waals surface area (Å²) in [6.45, 7) is 0.506. The Balaban J connectivity index is 1.78. The molecule has 24 heavy (non-hydrogen) atoms. The molecule has 4 rings (SSSR count). The Labute approximate surface area is 146 Å². The highest BCUT2D eigenvalue weighted by atomic mass is 32.2. The molecule has 1 heterocycles. The molecule has 2 aromatic carbocycles. The number of Topliss-reactive ketones (excluding diaryl/α,β-unsaturated/α-hetero) is 1. The first-order valence-electron chi connectivity index (χ1n) is 8.38. The minimum atomic E-state index is -0.915. The number of benzene rings is 2. The van der Waals surface area contributed by atoms with Gasteiger partial charge in [-0.15, -0.1) is 0 Å². The zero-order chi connectivity index (χ0) is 16.6. The molecule has 4 heteroatoms. The summed E-state index contributed by atoms with van der Waals surface area (Å²) in [5.74, 6) is 0.0519. The molecule has 1 aliphatic heterocycles. The van der Waals surface area contributed by atoms with Gasteiger partial charge in [0.05, 0.1) is 12.2 Å². The molecule has 1 amide bonds. The number of hydrogen-bond acceptors (Lipinski definition) is 3. The van der Waals surface area contributed by atoms with E-state index in [1.807, 2.05) is 59.5 Å². The van der Waals surface area contributed by atoms with E-state index >= 15 is 0 Å². The summed E-state index contributed by atoms with van der Waals surface area (Å²) in [6.07, 6.45) is 3.00. The van der Waals surface area contributed by atoms with Gasteiger partial charge in [-0.2, -0.15) is 0 Å². The van der Waals surface area contributed by atoms with Crippen LogP contribution in [0.1, 0.15) is 31.2 Å². The van der Waals surface area contributed by atoms with Crippen LogP contribution in [-0.2, 0) is 16.1 Å². The third kappa shape index (κ3) is 2.46. The smallest absolute Gasteiger partial charge is 0.251 e. The van der Waals surface area contributed by atoms with E-state index in [1.54, 1.807) is 0 Å². The first-order valence-corrected chi connectivity index (χ1v) is 9.20. The number of nitrogens with zero attached hydrogens (tertiary/aromatic N) is 1. The molecule has 2 aliphatic rings. The van der Waals surface area contributed by atoms with Gasteiger partial charge in [0.15, 0.2) is 10.5 Å². The number of anilines is 1. The van der Waals surface area contributed by atoms with Crippen LogP contribution in [-0.4, -0.2) is 16.4 Å². The average molecular weight is 337 g/mol. The van der Waals surface area contributed by atoms with Crippen molar-refractivity contribution in [1.29, 1.82) is 0 Å². The van der Waals surface area contributed by atoms with E-state index in [1.165, 1.54) is 11.8 Å². The molecule has 1 unspecified atom stereocenters. The minimum Gasteiger partial charge on any atom is -0.305 e. The lowest BCUT2D eigenvalue weighted by Gasteiger charge is -2.42. The zero-order valence-electron chi connectivity index (χ0n) is 13.4. The molecule has 0 N–H and O–H groups in total. The van der Waals surface area contributed by atoms with Gasteiger partial charge in [0.1, 0.15) is 0 Å². The Hall–Kier alpha value is -2.07. The summed E-state index contributed by atoms with van der Waals surface area (Å²) in [6, 6.07) is 17.9. The second kappa shape index (κ2) is 6.10. The first-order chi connectivity index (χ1) is 11.7. The summed E-state index contributed by atoms with van der Waals surface area (Å²) in [4.78, 5) is 28.9. The zero-order valence-corrected chi connectivity index (χ0v) is 14.2.